The van der Waals surface area contributed by atoms with E-state index < -0.39 is 11.6 Å². The molecule has 2 nitrogen and oxygen atoms in total. The van der Waals surface area contributed by atoms with Crippen molar-refractivity contribution < 1.29 is 13.5 Å². The number of rotatable bonds is 6. The van der Waals surface area contributed by atoms with E-state index in [9.17, 15) is 8.78 Å². The lowest BCUT2D eigenvalue weighted by Gasteiger charge is -2.19. The van der Waals surface area contributed by atoms with Gasteiger partial charge in [-0.25, -0.2) is 8.78 Å². The summed E-state index contributed by atoms with van der Waals surface area (Å²) >= 11 is 5.80. The first-order valence-electron chi connectivity index (χ1n) is 6.67. The molecule has 0 aliphatic rings. The average molecular weight is 312 g/mol. The van der Waals surface area contributed by atoms with E-state index in [-0.39, 0.29) is 12.6 Å². The largest absolute Gasteiger partial charge is 0.492 e. The summed E-state index contributed by atoms with van der Waals surface area (Å²) in [5.74, 6) is -0.532. The van der Waals surface area contributed by atoms with Gasteiger partial charge in [-0.3, -0.25) is 0 Å². The number of hydrogen-bond acceptors (Lipinski definition) is 2. The van der Waals surface area contributed by atoms with Crippen LogP contribution in [0.25, 0.3) is 0 Å². The van der Waals surface area contributed by atoms with Gasteiger partial charge in [-0.05, 0) is 36.9 Å². The standard InChI is InChI=1S/C16H16ClF2NO/c1-2-20-16(14-8-5-12(18)9-15(14)19)10-21-13-6-3-11(17)4-7-13/h3-9,16,20H,2,10H2,1H3. The van der Waals surface area contributed by atoms with Crippen LogP contribution < -0.4 is 10.1 Å². The van der Waals surface area contributed by atoms with E-state index in [2.05, 4.69) is 5.32 Å². The van der Waals surface area contributed by atoms with E-state index in [0.717, 1.165) is 6.07 Å². The van der Waals surface area contributed by atoms with Gasteiger partial charge in [-0.2, -0.15) is 0 Å². The van der Waals surface area contributed by atoms with Crippen LogP contribution in [0.3, 0.4) is 0 Å². The van der Waals surface area contributed by atoms with Gasteiger partial charge < -0.3 is 10.1 Å². The number of likely N-dealkylation sites (N-methyl/N-ethyl adjacent to an activating group) is 1. The molecule has 2 rings (SSSR count). The third kappa shape index (κ3) is 4.41. The summed E-state index contributed by atoms with van der Waals surface area (Å²) < 4.78 is 32.5. The molecule has 0 amide bonds. The van der Waals surface area contributed by atoms with Crippen LogP contribution in [-0.4, -0.2) is 13.2 Å². The van der Waals surface area contributed by atoms with Crippen molar-refractivity contribution in [2.24, 2.45) is 0 Å². The van der Waals surface area contributed by atoms with Crippen molar-refractivity contribution in [1.82, 2.24) is 5.32 Å². The Kier molecular flexibility index (Phi) is 5.53. The highest BCUT2D eigenvalue weighted by Crippen LogP contribution is 2.21. The second-order valence-electron chi connectivity index (χ2n) is 4.54. The van der Waals surface area contributed by atoms with Gasteiger partial charge in [-0.15, -0.1) is 0 Å². The molecule has 1 unspecified atom stereocenters. The van der Waals surface area contributed by atoms with Crippen LogP contribution in [-0.2, 0) is 0 Å². The maximum atomic E-state index is 13.8. The van der Waals surface area contributed by atoms with Gasteiger partial charge in [-0.1, -0.05) is 24.6 Å². The topological polar surface area (TPSA) is 21.3 Å². The van der Waals surface area contributed by atoms with E-state index in [4.69, 9.17) is 16.3 Å². The average Bonchev–Trinajstić information content (AvgIpc) is 2.46. The first kappa shape index (κ1) is 15.7. The zero-order valence-corrected chi connectivity index (χ0v) is 12.3. The maximum Gasteiger partial charge on any atom is 0.131 e. The van der Waals surface area contributed by atoms with Gasteiger partial charge in [0.25, 0.3) is 0 Å². The second kappa shape index (κ2) is 7.38. The van der Waals surface area contributed by atoms with Crippen molar-refractivity contribution in [3.8, 4) is 5.75 Å². The van der Waals surface area contributed by atoms with Crippen molar-refractivity contribution >= 4 is 11.6 Å². The van der Waals surface area contributed by atoms with Crippen LogP contribution in [0.5, 0.6) is 5.75 Å². The summed E-state index contributed by atoms with van der Waals surface area (Å²) in [5.41, 5.74) is 0.382. The van der Waals surface area contributed by atoms with Crippen molar-refractivity contribution in [1.29, 1.82) is 0 Å². The lowest BCUT2D eigenvalue weighted by atomic mass is 10.1. The van der Waals surface area contributed by atoms with Crippen molar-refractivity contribution in [3.05, 3.63) is 64.7 Å². The molecular formula is C16H16ClF2NO. The molecule has 0 aromatic heterocycles. The van der Waals surface area contributed by atoms with Crippen LogP contribution >= 0.6 is 11.6 Å². The van der Waals surface area contributed by atoms with Gasteiger partial charge in [0.05, 0.1) is 6.04 Å². The molecule has 1 atom stereocenters. The summed E-state index contributed by atoms with van der Waals surface area (Å²) in [6.07, 6.45) is 0. The quantitative estimate of drug-likeness (QED) is 0.856. The Morgan fingerprint density at radius 3 is 2.48 bits per heavy atom. The molecule has 0 fully saturated rings. The predicted octanol–water partition coefficient (Wildman–Crippen LogP) is 4.35. The molecule has 0 saturated heterocycles. The Labute approximate surface area is 127 Å². The summed E-state index contributed by atoms with van der Waals surface area (Å²) in [6.45, 7) is 2.79. The third-order valence-electron chi connectivity index (χ3n) is 3.02. The molecule has 2 aromatic rings. The lowest BCUT2D eigenvalue weighted by molar-refractivity contribution is 0.264. The van der Waals surface area contributed by atoms with E-state index in [1.165, 1.54) is 12.1 Å². The fraction of sp³-hybridized carbons (Fsp3) is 0.250. The smallest absolute Gasteiger partial charge is 0.131 e. The minimum absolute atomic E-state index is 0.234. The van der Waals surface area contributed by atoms with Crippen molar-refractivity contribution in [2.75, 3.05) is 13.2 Å². The zero-order chi connectivity index (χ0) is 15.2. The lowest BCUT2D eigenvalue weighted by Crippen LogP contribution is -2.27. The molecule has 0 spiro atoms. The zero-order valence-electron chi connectivity index (χ0n) is 11.6. The van der Waals surface area contributed by atoms with Crippen LogP contribution in [0.4, 0.5) is 8.78 Å². The van der Waals surface area contributed by atoms with Crippen LogP contribution in [0, 0.1) is 11.6 Å². The fourth-order valence-electron chi connectivity index (χ4n) is 2.00. The molecule has 112 valence electrons. The summed E-state index contributed by atoms with van der Waals surface area (Å²) in [6, 6.07) is 10.1. The Morgan fingerprint density at radius 1 is 1.14 bits per heavy atom. The highest BCUT2D eigenvalue weighted by molar-refractivity contribution is 6.30. The first-order valence-corrected chi connectivity index (χ1v) is 7.04. The van der Waals surface area contributed by atoms with Crippen molar-refractivity contribution in [3.63, 3.8) is 0 Å². The highest BCUT2D eigenvalue weighted by Gasteiger charge is 2.16. The molecule has 0 radical (unpaired) electrons. The molecule has 1 N–H and O–H groups in total. The molecule has 5 heteroatoms. The fourth-order valence-corrected chi connectivity index (χ4v) is 2.13. The second-order valence-corrected chi connectivity index (χ2v) is 4.98. The Morgan fingerprint density at radius 2 is 1.86 bits per heavy atom. The normalized spacial score (nSPS) is 12.2. The summed E-state index contributed by atoms with van der Waals surface area (Å²) in [4.78, 5) is 0. The molecule has 0 bridgehead atoms. The first-order chi connectivity index (χ1) is 10.1. The predicted molar refractivity (Wildman–Crippen MR) is 79.7 cm³/mol. The molecule has 0 aliphatic carbocycles. The summed E-state index contributed by atoms with van der Waals surface area (Å²) in [5, 5.41) is 3.75. The number of nitrogens with one attached hydrogen (secondary N) is 1. The van der Waals surface area contributed by atoms with Gasteiger partial charge in [0.2, 0.25) is 0 Å². The Bertz CT molecular complexity index is 589. The van der Waals surface area contributed by atoms with Crippen molar-refractivity contribution in [2.45, 2.75) is 13.0 Å². The van der Waals surface area contributed by atoms with E-state index in [1.54, 1.807) is 24.3 Å². The van der Waals surface area contributed by atoms with Gasteiger partial charge in [0, 0.05) is 16.7 Å². The minimum Gasteiger partial charge on any atom is -0.492 e. The maximum absolute atomic E-state index is 13.8. The highest BCUT2D eigenvalue weighted by atomic mass is 35.5. The van der Waals surface area contributed by atoms with E-state index in [1.807, 2.05) is 6.92 Å². The van der Waals surface area contributed by atoms with Crippen LogP contribution in [0.2, 0.25) is 5.02 Å². The Balaban J connectivity index is 2.09. The van der Waals surface area contributed by atoms with Gasteiger partial charge in [0.15, 0.2) is 0 Å². The molecule has 0 heterocycles. The van der Waals surface area contributed by atoms with Gasteiger partial charge in [0.1, 0.15) is 24.0 Å². The van der Waals surface area contributed by atoms with E-state index in [0.29, 0.717) is 22.9 Å². The number of ether oxygens (including phenoxy) is 1. The molecule has 21 heavy (non-hydrogen) atoms. The van der Waals surface area contributed by atoms with Crippen LogP contribution in [0.15, 0.2) is 42.5 Å². The third-order valence-corrected chi connectivity index (χ3v) is 3.27. The molecule has 0 saturated carbocycles. The SMILES string of the molecule is CCNC(COc1ccc(Cl)cc1)c1ccc(F)cc1F. The monoisotopic (exact) mass is 311 g/mol. The van der Waals surface area contributed by atoms with Gasteiger partial charge >= 0.3 is 0 Å². The number of benzene rings is 2. The molecule has 0 aliphatic heterocycles. The summed E-state index contributed by atoms with van der Waals surface area (Å²) in [7, 11) is 0. The number of halogens is 3. The Hall–Kier alpha value is -1.65. The number of hydrogen-bond donors (Lipinski definition) is 1. The molecular weight excluding hydrogens is 296 g/mol. The van der Waals surface area contributed by atoms with Crippen LogP contribution in [0.1, 0.15) is 18.5 Å². The minimum atomic E-state index is -0.592. The molecule has 2 aromatic carbocycles. The van der Waals surface area contributed by atoms with E-state index >= 15 is 0 Å².